The van der Waals surface area contributed by atoms with Gasteiger partial charge < -0.3 is 9.72 Å². The molecule has 1 N–H and O–H groups in total. The first-order valence-electron chi connectivity index (χ1n) is 7.46. The van der Waals surface area contributed by atoms with Crippen LogP contribution in [0.15, 0.2) is 29.1 Å². The standard InChI is InChI=1S/C16H16F3N3O2/c1-10-20-14-6-7-22(9-13(14)15(23)21-10)8-11-2-4-12(5-3-11)24-16(17,18)19/h2-5H,6-9H2,1H3,(H,20,21,23). The predicted molar refractivity (Wildman–Crippen MR) is 80.5 cm³/mol. The van der Waals surface area contributed by atoms with Crippen molar-refractivity contribution in [1.29, 1.82) is 0 Å². The second-order valence-electron chi connectivity index (χ2n) is 5.73. The van der Waals surface area contributed by atoms with Crippen molar-refractivity contribution in [3.63, 3.8) is 0 Å². The fraction of sp³-hybridized carbons (Fsp3) is 0.375. The number of benzene rings is 1. The average molecular weight is 339 g/mol. The fourth-order valence-corrected chi connectivity index (χ4v) is 2.79. The first-order chi connectivity index (χ1) is 11.3. The van der Waals surface area contributed by atoms with Crippen LogP contribution in [0.2, 0.25) is 0 Å². The van der Waals surface area contributed by atoms with Gasteiger partial charge in [-0.25, -0.2) is 4.98 Å². The number of aryl methyl sites for hydroxylation is 1. The van der Waals surface area contributed by atoms with Crippen LogP contribution in [0.25, 0.3) is 0 Å². The number of hydrogen-bond acceptors (Lipinski definition) is 4. The van der Waals surface area contributed by atoms with Crippen molar-refractivity contribution in [3.05, 3.63) is 57.3 Å². The maximum absolute atomic E-state index is 12.2. The van der Waals surface area contributed by atoms with E-state index in [1.165, 1.54) is 12.1 Å². The Morgan fingerprint density at radius 2 is 2.00 bits per heavy atom. The van der Waals surface area contributed by atoms with Gasteiger partial charge in [0, 0.05) is 26.1 Å². The van der Waals surface area contributed by atoms with Crippen LogP contribution in [-0.4, -0.2) is 27.8 Å². The number of aromatic nitrogens is 2. The Morgan fingerprint density at radius 1 is 1.29 bits per heavy atom. The summed E-state index contributed by atoms with van der Waals surface area (Å²) >= 11 is 0. The Morgan fingerprint density at radius 3 is 2.67 bits per heavy atom. The van der Waals surface area contributed by atoms with Crippen molar-refractivity contribution in [1.82, 2.24) is 14.9 Å². The molecule has 0 saturated heterocycles. The number of aromatic amines is 1. The monoisotopic (exact) mass is 339 g/mol. The van der Waals surface area contributed by atoms with E-state index >= 15 is 0 Å². The highest BCUT2D eigenvalue weighted by atomic mass is 19.4. The van der Waals surface area contributed by atoms with Gasteiger partial charge in [0.1, 0.15) is 11.6 Å². The van der Waals surface area contributed by atoms with E-state index in [0.29, 0.717) is 30.9 Å². The molecule has 0 spiro atoms. The van der Waals surface area contributed by atoms with E-state index in [2.05, 4.69) is 19.6 Å². The number of ether oxygens (including phenoxy) is 1. The molecule has 0 fully saturated rings. The molecule has 1 aromatic carbocycles. The number of hydrogen-bond donors (Lipinski definition) is 1. The van der Waals surface area contributed by atoms with E-state index in [1.54, 1.807) is 19.1 Å². The second kappa shape index (κ2) is 6.27. The molecular formula is C16H16F3N3O2. The van der Waals surface area contributed by atoms with Gasteiger partial charge in [0.05, 0.1) is 11.3 Å². The SMILES string of the molecule is Cc1nc2c(c(=O)[nH]1)CN(Cc1ccc(OC(F)(F)F)cc1)CC2. The molecule has 0 atom stereocenters. The number of alkyl halides is 3. The molecule has 1 aliphatic rings. The molecule has 0 bridgehead atoms. The van der Waals surface area contributed by atoms with E-state index in [1.807, 2.05) is 0 Å². The fourth-order valence-electron chi connectivity index (χ4n) is 2.79. The zero-order valence-corrected chi connectivity index (χ0v) is 13.0. The third-order valence-corrected chi connectivity index (χ3v) is 3.83. The molecule has 8 heteroatoms. The summed E-state index contributed by atoms with van der Waals surface area (Å²) in [5.41, 5.74) is 2.20. The molecular weight excluding hydrogens is 323 g/mol. The van der Waals surface area contributed by atoms with Crippen LogP contribution in [-0.2, 0) is 19.5 Å². The Labute approximate surface area is 136 Å². The van der Waals surface area contributed by atoms with Crippen molar-refractivity contribution in [2.24, 2.45) is 0 Å². The topological polar surface area (TPSA) is 58.2 Å². The molecule has 0 amide bonds. The Hall–Kier alpha value is -2.35. The summed E-state index contributed by atoms with van der Waals surface area (Å²) in [6.45, 7) is 3.50. The average Bonchev–Trinajstić information content (AvgIpc) is 2.48. The maximum Gasteiger partial charge on any atom is 0.573 e. The van der Waals surface area contributed by atoms with Gasteiger partial charge in [-0.05, 0) is 24.6 Å². The Bertz CT molecular complexity index is 785. The first-order valence-corrected chi connectivity index (χ1v) is 7.46. The van der Waals surface area contributed by atoms with E-state index in [4.69, 9.17) is 0 Å². The van der Waals surface area contributed by atoms with E-state index in [-0.39, 0.29) is 11.3 Å². The lowest BCUT2D eigenvalue weighted by Gasteiger charge is -2.27. The summed E-state index contributed by atoms with van der Waals surface area (Å²) in [7, 11) is 0. The van der Waals surface area contributed by atoms with Crippen LogP contribution in [0, 0.1) is 6.92 Å². The highest BCUT2D eigenvalue weighted by Gasteiger charge is 2.31. The van der Waals surface area contributed by atoms with Gasteiger partial charge in [-0.1, -0.05) is 12.1 Å². The molecule has 3 rings (SSSR count). The lowest BCUT2D eigenvalue weighted by Crippen LogP contribution is -2.35. The van der Waals surface area contributed by atoms with Crippen LogP contribution in [0.4, 0.5) is 13.2 Å². The number of nitrogens with zero attached hydrogens (tertiary/aromatic N) is 2. The van der Waals surface area contributed by atoms with E-state index in [9.17, 15) is 18.0 Å². The van der Waals surface area contributed by atoms with Gasteiger partial charge in [0.2, 0.25) is 0 Å². The molecule has 128 valence electrons. The Kier molecular flexibility index (Phi) is 4.31. The molecule has 2 aromatic rings. The molecule has 24 heavy (non-hydrogen) atoms. The summed E-state index contributed by atoms with van der Waals surface area (Å²) in [6, 6.07) is 5.76. The van der Waals surface area contributed by atoms with Crippen molar-refractivity contribution >= 4 is 0 Å². The summed E-state index contributed by atoms with van der Waals surface area (Å²) in [5.74, 6) is 0.360. The predicted octanol–water partition coefficient (Wildman–Crippen LogP) is 2.54. The molecule has 0 unspecified atom stereocenters. The van der Waals surface area contributed by atoms with Crippen molar-refractivity contribution < 1.29 is 17.9 Å². The highest BCUT2D eigenvalue weighted by Crippen LogP contribution is 2.23. The third-order valence-electron chi connectivity index (χ3n) is 3.83. The van der Waals surface area contributed by atoms with E-state index < -0.39 is 6.36 Å². The van der Waals surface area contributed by atoms with Gasteiger partial charge >= 0.3 is 6.36 Å². The summed E-state index contributed by atoms with van der Waals surface area (Å²) in [4.78, 5) is 21.1. The zero-order valence-electron chi connectivity index (χ0n) is 13.0. The second-order valence-corrected chi connectivity index (χ2v) is 5.73. The van der Waals surface area contributed by atoms with Gasteiger partial charge in [-0.3, -0.25) is 9.69 Å². The number of nitrogens with one attached hydrogen (secondary N) is 1. The minimum absolute atomic E-state index is 0.129. The molecule has 2 heterocycles. The van der Waals surface area contributed by atoms with Crippen molar-refractivity contribution in [2.75, 3.05) is 6.54 Å². The minimum atomic E-state index is -4.69. The number of H-pyrrole nitrogens is 1. The van der Waals surface area contributed by atoms with Crippen LogP contribution in [0.1, 0.15) is 22.6 Å². The van der Waals surface area contributed by atoms with Gasteiger partial charge in [0.15, 0.2) is 0 Å². The number of rotatable bonds is 3. The maximum atomic E-state index is 12.2. The molecule has 1 aromatic heterocycles. The van der Waals surface area contributed by atoms with Crippen LogP contribution in [0.3, 0.4) is 0 Å². The summed E-state index contributed by atoms with van der Waals surface area (Å²) in [6.07, 6.45) is -4.01. The number of halogens is 3. The van der Waals surface area contributed by atoms with Gasteiger partial charge in [-0.15, -0.1) is 13.2 Å². The minimum Gasteiger partial charge on any atom is -0.406 e. The number of fused-ring (bicyclic) bond motifs is 1. The summed E-state index contributed by atoms with van der Waals surface area (Å²) < 4.78 is 40.3. The first kappa shape index (κ1) is 16.5. The highest BCUT2D eigenvalue weighted by molar-refractivity contribution is 5.28. The molecule has 0 saturated carbocycles. The Balaban J connectivity index is 1.68. The lowest BCUT2D eigenvalue weighted by atomic mass is 10.1. The molecule has 0 aliphatic carbocycles. The quantitative estimate of drug-likeness (QED) is 0.934. The molecule has 0 radical (unpaired) electrons. The smallest absolute Gasteiger partial charge is 0.406 e. The lowest BCUT2D eigenvalue weighted by molar-refractivity contribution is -0.274. The van der Waals surface area contributed by atoms with Crippen molar-refractivity contribution in [2.45, 2.75) is 32.8 Å². The van der Waals surface area contributed by atoms with Gasteiger partial charge in [0.25, 0.3) is 5.56 Å². The zero-order chi connectivity index (χ0) is 17.3. The molecule has 5 nitrogen and oxygen atoms in total. The van der Waals surface area contributed by atoms with Crippen LogP contribution < -0.4 is 10.3 Å². The van der Waals surface area contributed by atoms with Crippen LogP contribution in [0.5, 0.6) is 5.75 Å². The van der Waals surface area contributed by atoms with Crippen LogP contribution >= 0.6 is 0 Å². The van der Waals surface area contributed by atoms with Crippen molar-refractivity contribution in [3.8, 4) is 5.75 Å². The van der Waals surface area contributed by atoms with E-state index in [0.717, 1.165) is 17.8 Å². The summed E-state index contributed by atoms with van der Waals surface area (Å²) in [5, 5.41) is 0. The van der Waals surface area contributed by atoms with Gasteiger partial charge in [-0.2, -0.15) is 0 Å². The largest absolute Gasteiger partial charge is 0.573 e. The third kappa shape index (κ3) is 3.94. The molecule has 1 aliphatic heterocycles. The normalized spacial score (nSPS) is 15.2.